The maximum atomic E-state index is 12.6. The van der Waals surface area contributed by atoms with Gasteiger partial charge in [0.15, 0.2) is 0 Å². The van der Waals surface area contributed by atoms with Crippen molar-refractivity contribution in [3.8, 4) is 0 Å². The molecule has 144 valence electrons. The van der Waals surface area contributed by atoms with Crippen molar-refractivity contribution in [2.24, 2.45) is 5.92 Å². The minimum Gasteiger partial charge on any atom is -0.361 e. The maximum Gasteiger partial charge on any atom is 0.239 e. The second-order valence-electron chi connectivity index (χ2n) is 6.85. The molecule has 1 unspecified atom stereocenters. The van der Waals surface area contributed by atoms with Crippen LogP contribution in [0.2, 0.25) is 10.0 Å². The van der Waals surface area contributed by atoms with E-state index in [1.54, 1.807) is 29.2 Å². The number of hydrogen-bond donors (Lipinski definition) is 2. The van der Waals surface area contributed by atoms with Crippen LogP contribution in [0.5, 0.6) is 0 Å². The molecule has 0 radical (unpaired) electrons. The lowest BCUT2D eigenvalue weighted by Gasteiger charge is -2.16. The van der Waals surface area contributed by atoms with Crippen molar-refractivity contribution >= 4 is 51.6 Å². The molecule has 7 heteroatoms. The summed E-state index contributed by atoms with van der Waals surface area (Å²) >= 11 is 12.0. The number of aromatic nitrogens is 1. The highest BCUT2D eigenvalue weighted by Crippen LogP contribution is 2.27. The fourth-order valence-corrected chi connectivity index (χ4v) is 3.90. The second-order valence-corrected chi connectivity index (χ2v) is 7.73. The second kappa shape index (κ2) is 7.86. The summed E-state index contributed by atoms with van der Waals surface area (Å²) in [4.78, 5) is 30.0. The molecule has 5 nitrogen and oxygen atoms in total. The van der Waals surface area contributed by atoms with E-state index in [4.69, 9.17) is 23.2 Å². The fourth-order valence-electron chi connectivity index (χ4n) is 3.60. The predicted molar refractivity (Wildman–Crippen MR) is 112 cm³/mol. The average molecular weight is 416 g/mol. The molecule has 2 N–H and O–H groups in total. The Kier molecular flexibility index (Phi) is 5.29. The molecule has 1 aliphatic rings. The van der Waals surface area contributed by atoms with Crippen molar-refractivity contribution in [1.29, 1.82) is 0 Å². The Morgan fingerprint density at radius 3 is 2.68 bits per heavy atom. The van der Waals surface area contributed by atoms with Gasteiger partial charge >= 0.3 is 0 Å². The van der Waals surface area contributed by atoms with E-state index in [0.717, 1.165) is 22.2 Å². The smallest absolute Gasteiger partial charge is 0.239 e. The molecule has 2 heterocycles. The van der Waals surface area contributed by atoms with Crippen molar-refractivity contribution in [2.45, 2.75) is 12.8 Å². The molecule has 3 aromatic rings. The van der Waals surface area contributed by atoms with Crippen LogP contribution in [0.3, 0.4) is 0 Å². The van der Waals surface area contributed by atoms with Crippen LogP contribution in [-0.2, 0) is 16.0 Å². The predicted octanol–water partition coefficient (Wildman–Crippen LogP) is 4.19. The van der Waals surface area contributed by atoms with E-state index in [-0.39, 0.29) is 11.8 Å². The Labute approximate surface area is 172 Å². The third kappa shape index (κ3) is 3.73. The summed E-state index contributed by atoms with van der Waals surface area (Å²) in [6, 6.07) is 12.8. The zero-order valence-electron chi connectivity index (χ0n) is 15.0. The minimum absolute atomic E-state index is 0.168. The number of benzene rings is 2. The highest BCUT2D eigenvalue weighted by molar-refractivity contribution is 6.31. The Hall–Kier alpha value is -2.50. The third-order valence-corrected chi connectivity index (χ3v) is 5.57. The fraction of sp³-hybridized carbons (Fsp3) is 0.238. The van der Waals surface area contributed by atoms with Gasteiger partial charge in [-0.1, -0.05) is 23.2 Å². The van der Waals surface area contributed by atoms with Crippen molar-refractivity contribution < 1.29 is 9.59 Å². The standard InChI is InChI=1S/C21H19Cl2N3O2/c22-14-1-4-16(5-2-14)26-10-8-17(21(26)28)20(27)24-9-7-13-12-25-19-6-3-15(23)11-18(13)19/h1-6,11-12,17,25H,7-10H2,(H,24,27). The number of aromatic amines is 1. The van der Waals surface area contributed by atoms with Gasteiger partial charge in [0, 0.05) is 45.9 Å². The number of carbonyl (C=O) groups is 2. The zero-order chi connectivity index (χ0) is 19.7. The zero-order valence-corrected chi connectivity index (χ0v) is 16.6. The molecule has 0 bridgehead atoms. The van der Waals surface area contributed by atoms with Crippen molar-refractivity contribution in [1.82, 2.24) is 10.3 Å². The summed E-state index contributed by atoms with van der Waals surface area (Å²) < 4.78 is 0. The largest absolute Gasteiger partial charge is 0.361 e. The molecule has 1 saturated heterocycles. The average Bonchev–Trinajstić information content (AvgIpc) is 3.26. The summed E-state index contributed by atoms with van der Waals surface area (Å²) in [5.74, 6) is -1.04. The van der Waals surface area contributed by atoms with E-state index in [9.17, 15) is 9.59 Å². The number of nitrogens with one attached hydrogen (secondary N) is 2. The topological polar surface area (TPSA) is 65.2 Å². The van der Waals surface area contributed by atoms with Crippen molar-refractivity contribution in [3.05, 3.63) is 64.3 Å². The van der Waals surface area contributed by atoms with Gasteiger partial charge in [-0.25, -0.2) is 0 Å². The van der Waals surface area contributed by atoms with E-state index >= 15 is 0 Å². The molecule has 2 aromatic carbocycles. The van der Waals surface area contributed by atoms with Gasteiger partial charge in [-0.15, -0.1) is 0 Å². The first-order valence-corrected chi connectivity index (χ1v) is 9.89. The molecule has 1 aliphatic heterocycles. The number of rotatable bonds is 5. The van der Waals surface area contributed by atoms with Gasteiger partial charge < -0.3 is 15.2 Å². The van der Waals surface area contributed by atoms with Crippen molar-refractivity contribution in [2.75, 3.05) is 18.0 Å². The quantitative estimate of drug-likeness (QED) is 0.613. The molecule has 1 fully saturated rings. The molecule has 2 amide bonds. The van der Waals surface area contributed by atoms with Crippen LogP contribution < -0.4 is 10.2 Å². The van der Waals surface area contributed by atoms with Crippen LogP contribution in [0.1, 0.15) is 12.0 Å². The number of fused-ring (bicyclic) bond motifs is 1. The Balaban J connectivity index is 1.35. The lowest BCUT2D eigenvalue weighted by molar-refractivity contribution is -0.132. The van der Waals surface area contributed by atoms with Crippen LogP contribution in [0.4, 0.5) is 5.69 Å². The number of amides is 2. The Bertz CT molecular complexity index is 1030. The minimum atomic E-state index is -0.645. The molecule has 1 aromatic heterocycles. The van der Waals surface area contributed by atoms with Crippen LogP contribution in [0, 0.1) is 5.92 Å². The number of hydrogen-bond acceptors (Lipinski definition) is 2. The molecular formula is C21H19Cl2N3O2. The van der Waals surface area contributed by atoms with Crippen molar-refractivity contribution in [3.63, 3.8) is 0 Å². The number of halogens is 2. The molecule has 1 atom stereocenters. The van der Waals surface area contributed by atoms with Gasteiger partial charge in [0.1, 0.15) is 5.92 Å². The first kappa shape index (κ1) is 18.8. The molecule has 0 saturated carbocycles. The van der Waals surface area contributed by atoms with E-state index in [1.165, 1.54) is 0 Å². The van der Waals surface area contributed by atoms with Gasteiger partial charge in [0.25, 0.3) is 0 Å². The number of nitrogens with zero attached hydrogens (tertiary/aromatic N) is 1. The maximum absolute atomic E-state index is 12.6. The van der Waals surface area contributed by atoms with Crippen LogP contribution in [0.15, 0.2) is 48.7 Å². The SMILES string of the molecule is O=C(NCCc1c[nH]c2ccc(Cl)cc12)C1CCN(c2ccc(Cl)cc2)C1=O. The molecule has 28 heavy (non-hydrogen) atoms. The van der Waals surface area contributed by atoms with Gasteiger partial charge in [0.2, 0.25) is 11.8 Å². The first-order valence-electron chi connectivity index (χ1n) is 9.13. The monoisotopic (exact) mass is 415 g/mol. The van der Waals surface area contributed by atoms with Gasteiger partial charge in [-0.05, 0) is 60.9 Å². The molecular weight excluding hydrogens is 397 g/mol. The summed E-state index contributed by atoms with van der Waals surface area (Å²) in [6.07, 6.45) is 3.10. The number of carbonyl (C=O) groups excluding carboxylic acids is 2. The first-order chi connectivity index (χ1) is 13.5. The lowest BCUT2D eigenvalue weighted by Crippen LogP contribution is -2.37. The van der Waals surface area contributed by atoms with Gasteiger partial charge in [0.05, 0.1) is 0 Å². The Morgan fingerprint density at radius 1 is 1.14 bits per heavy atom. The normalized spacial score (nSPS) is 16.7. The summed E-state index contributed by atoms with van der Waals surface area (Å²) in [7, 11) is 0. The van der Waals surface area contributed by atoms with Gasteiger partial charge in [-0.3, -0.25) is 9.59 Å². The van der Waals surface area contributed by atoms with Gasteiger partial charge in [-0.2, -0.15) is 0 Å². The number of anilines is 1. The molecule has 0 spiro atoms. The summed E-state index contributed by atoms with van der Waals surface area (Å²) in [5, 5.41) is 5.24. The van der Waals surface area contributed by atoms with E-state index in [1.807, 2.05) is 24.4 Å². The van der Waals surface area contributed by atoms with E-state index in [2.05, 4.69) is 10.3 Å². The third-order valence-electron chi connectivity index (χ3n) is 5.08. The van der Waals surface area contributed by atoms with E-state index < -0.39 is 5.92 Å². The van der Waals surface area contributed by atoms with Crippen LogP contribution >= 0.6 is 23.2 Å². The van der Waals surface area contributed by atoms with E-state index in [0.29, 0.717) is 36.0 Å². The highest BCUT2D eigenvalue weighted by atomic mass is 35.5. The number of H-pyrrole nitrogens is 1. The Morgan fingerprint density at radius 2 is 1.89 bits per heavy atom. The van der Waals surface area contributed by atoms with Crippen LogP contribution in [-0.4, -0.2) is 29.9 Å². The summed E-state index contributed by atoms with van der Waals surface area (Å²) in [6.45, 7) is 0.989. The molecule has 4 rings (SSSR count). The lowest BCUT2D eigenvalue weighted by atomic mass is 10.1. The van der Waals surface area contributed by atoms with Crippen LogP contribution in [0.25, 0.3) is 10.9 Å². The highest BCUT2D eigenvalue weighted by Gasteiger charge is 2.37. The molecule has 0 aliphatic carbocycles. The summed E-state index contributed by atoms with van der Waals surface area (Å²) in [5.41, 5.74) is 2.86.